The highest BCUT2D eigenvalue weighted by Crippen LogP contribution is 2.46. The van der Waals surface area contributed by atoms with Gasteiger partial charge in [0, 0.05) is 11.4 Å². The van der Waals surface area contributed by atoms with E-state index in [2.05, 4.69) is 49.3 Å². The van der Waals surface area contributed by atoms with E-state index in [-0.39, 0.29) is 0 Å². The molecule has 1 aromatic carbocycles. The number of benzene rings is 1. The van der Waals surface area contributed by atoms with Gasteiger partial charge in [-0.2, -0.15) is 5.10 Å². The van der Waals surface area contributed by atoms with E-state index < -0.39 is 0 Å². The molecule has 1 saturated carbocycles. The molecule has 0 aliphatic heterocycles. The summed E-state index contributed by atoms with van der Waals surface area (Å²) in [6, 6.07) is 4.53. The van der Waals surface area contributed by atoms with Crippen LogP contribution >= 0.6 is 0 Å². The molecule has 0 saturated heterocycles. The Morgan fingerprint density at radius 3 is 2.52 bits per heavy atom. The smallest absolute Gasteiger partial charge is 0.0672 e. The standard InChI is InChI=1S/C17H26N4/c1-16(2)7-12(8-17(3,4)10-16)20-15-6-14-11(5-13(15)18)9-19-21-14/h5-6,9,12,20H,7-8,10,18H2,1-4H3,(H,19,21). The molecule has 0 amide bonds. The van der Waals surface area contributed by atoms with E-state index in [4.69, 9.17) is 5.73 Å². The van der Waals surface area contributed by atoms with Gasteiger partial charge in [-0.1, -0.05) is 27.7 Å². The van der Waals surface area contributed by atoms with Crippen LogP contribution in [-0.4, -0.2) is 16.2 Å². The van der Waals surface area contributed by atoms with E-state index in [1.54, 1.807) is 0 Å². The Bertz CT molecular complexity index is 638. The van der Waals surface area contributed by atoms with Crippen molar-refractivity contribution in [3.05, 3.63) is 18.3 Å². The first-order valence-electron chi connectivity index (χ1n) is 7.73. The summed E-state index contributed by atoms with van der Waals surface area (Å²) in [6.07, 6.45) is 5.43. The molecule has 1 heterocycles. The third kappa shape index (κ3) is 2.99. The van der Waals surface area contributed by atoms with Crippen molar-refractivity contribution >= 4 is 22.3 Å². The summed E-state index contributed by atoms with van der Waals surface area (Å²) in [5.41, 5.74) is 9.77. The summed E-state index contributed by atoms with van der Waals surface area (Å²) in [4.78, 5) is 0. The lowest BCUT2D eigenvalue weighted by Gasteiger charge is -2.45. The van der Waals surface area contributed by atoms with Crippen molar-refractivity contribution < 1.29 is 0 Å². The Hall–Kier alpha value is -1.71. The molecule has 1 fully saturated rings. The maximum atomic E-state index is 6.19. The van der Waals surface area contributed by atoms with Gasteiger partial charge in [0.1, 0.15) is 0 Å². The highest BCUT2D eigenvalue weighted by molar-refractivity contribution is 5.88. The SMILES string of the molecule is CC1(C)CC(Nc2cc3[nH]ncc3cc2N)CC(C)(C)C1. The van der Waals surface area contributed by atoms with Crippen LogP contribution in [0.1, 0.15) is 47.0 Å². The predicted octanol–water partition coefficient (Wildman–Crippen LogP) is 4.16. The Labute approximate surface area is 126 Å². The Morgan fingerprint density at radius 1 is 1.19 bits per heavy atom. The second-order valence-corrected chi connectivity index (χ2v) is 8.15. The molecule has 21 heavy (non-hydrogen) atoms. The van der Waals surface area contributed by atoms with Gasteiger partial charge >= 0.3 is 0 Å². The minimum absolute atomic E-state index is 0.367. The van der Waals surface area contributed by atoms with Crippen LogP contribution in [0.5, 0.6) is 0 Å². The molecule has 4 nitrogen and oxygen atoms in total. The molecule has 0 unspecified atom stereocenters. The maximum Gasteiger partial charge on any atom is 0.0672 e. The fourth-order valence-corrected chi connectivity index (χ4v) is 4.30. The monoisotopic (exact) mass is 286 g/mol. The van der Waals surface area contributed by atoms with Gasteiger partial charge in [-0.3, -0.25) is 5.10 Å². The minimum atomic E-state index is 0.367. The number of H-pyrrole nitrogens is 1. The third-order valence-corrected chi connectivity index (χ3v) is 4.53. The van der Waals surface area contributed by atoms with Gasteiger partial charge in [0.25, 0.3) is 0 Å². The molecule has 1 aromatic heterocycles. The quantitative estimate of drug-likeness (QED) is 0.726. The van der Waals surface area contributed by atoms with Gasteiger partial charge in [-0.25, -0.2) is 0 Å². The van der Waals surface area contributed by atoms with Crippen LogP contribution in [-0.2, 0) is 0 Å². The largest absolute Gasteiger partial charge is 0.397 e. The molecule has 0 bridgehead atoms. The number of anilines is 2. The Balaban J connectivity index is 1.85. The molecular formula is C17H26N4. The summed E-state index contributed by atoms with van der Waals surface area (Å²) in [6.45, 7) is 9.46. The molecule has 1 aliphatic rings. The number of hydrogen-bond acceptors (Lipinski definition) is 3. The van der Waals surface area contributed by atoms with Crippen LogP contribution in [0, 0.1) is 10.8 Å². The van der Waals surface area contributed by atoms with Gasteiger partial charge in [0.15, 0.2) is 0 Å². The first-order valence-corrected chi connectivity index (χ1v) is 7.73. The van der Waals surface area contributed by atoms with E-state index >= 15 is 0 Å². The minimum Gasteiger partial charge on any atom is -0.397 e. The highest BCUT2D eigenvalue weighted by Gasteiger charge is 2.38. The first-order chi connectivity index (χ1) is 9.74. The molecule has 2 aromatic rings. The van der Waals surface area contributed by atoms with Gasteiger partial charge in [0.2, 0.25) is 0 Å². The number of nitrogens with two attached hydrogens (primary N) is 1. The molecule has 4 heteroatoms. The van der Waals surface area contributed by atoms with Gasteiger partial charge in [-0.05, 0) is 42.2 Å². The number of aromatic amines is 1. The summed E-state index contributed by atoms with van der Waals surface area (Å²) in [5.74, 6) is 0. The highest BCUT2D eigenvalue weighted by atomic mass is 15.1. The molecule has 0 radical (unpaired) electrons. The normalized spacial score (nSPS) is 21.5. The maximum absolute atomic E-state index is 6.19. The first kappa shape index (κ1) is 14.2. The number of hydrogen-bond donors (Lipinski definition) is 3. The lowest BCUT2D eigenvalue weighted by molar-refractivity contribution is 0.105. The summed E-state index contributed by atoms with van der Waals surface area (Å²) in [5, 5.41) is 11.8. The van der Waals surface area contributed by atoms with Crippen molar-refractivity contribution in [1.82, 2.24) is 10.2 Å². The van der Waals surface area contributed by atoms with Crippen molar-refractivity contribution in [2.24, 2.45) is 10.8 Å². The van der Waals surface area contributed by atoms with E-state index in [1.807, 2.05) is 12.3 Å². The van der Waals surface area contributed by atoms with E-state index in [0.717, 1.165) is 22.3 Å². The predicted molar refractivity (Wildman–Crippen MR) is 89.3 cm³/mol. The molecule has 0 spiro atoms. The topological polar surface area (TPSA) is 66.7 Å². The molecule has 4 N–H and O–H groups in total. The van der Waals surface area contributed by atoms with Crippen molar-refractivity contribution in [3.63, 3.8) is 0 Å². The second-order valence-electron chi connectivity index (χ2n) is 8.15. The van der Waals surface area contributed by atoms with Crippen LogP contribution in [0.3, 0.4) is 0 Å². The van der Waals surface area contributed by atoms with E-state index in [0.29, 0.717) is 16.9 Å². The summed E-state index contributed by atoms with van der Waals surface area (Å²) in [7, 11) is 0. The zero-order valence-electron chi connectivity index (χ0n) is 13.5. The third-order valence-electron chi connectivity index (χ3n) is 4.53. The molecule has 0 atom stereocenters. The Kier molecular flexibility index (Phi) is 3.15. The van der Waals surface area contributed by atoms with Crippen LogP contribution in [0.4, 0.5) is 11.4 Å². The van der Waals surface area contributed by atoms with Crippen LogP contribution < -0.4 is 11.1 Å². The van der Waals surface area contributed by atoms with Crippen LogP contribution in [0.15, 0.2) is 18.3 Å². The van der Waals surface area contributed by atoms with Gasteiger partial charge < -0.3 is 11.1 Å². The number of aromatic nitrogens is 2. The van der Waals surface area contributed by atoms with E-state index in [9.17, 15) is 0 Å². The zero-order chi connectivity index (χ0) is 15.3. The molecular weight excluding hydrogens is 260 g/mol. The average molecular weight is 286 g/mol. The van der Waals surface area contributed by atoms with Crippen LogP contribution in [0.25, 0.3) is 10.9 Å². The number of nitrogen functional groups attached to an aromatic ring is 1. The van der Waals surface area contributed by atoms with Crippen LogP contribution in [0.2, 0.25) is 0 Å². The lowest BCUT2D eigenvalue weighted by atomic mass is 9.63. The van der Waals surface area contributed by atoms with Crippen molar-refractivity contribution in [2.75, 3.05) is 11.1 Å². The molecule has 3 rings (SSSR count). The van der Waals surface area contributed by atoms with E-state index in [1.165, 1.54) is 19.3 Å². The molecule has 1 aliphatic carbocycles. The average Bonchev–Trinajstić information content (AvgIpc) is 2.72. The summed E-state index contributed by atoms with van der Waals surface area (Å²) >= 11 is 0. The molecule has 114 valence electrons. The summed E-state index contributed by atoms with van der Waals surface area (Å²) < 4.78 is 0. The van der Waals surface area contributed by atoms with Crippen molar-refractivity contribution in [2.45, 2.75) is 53.0 Å². The van der Waals surface area contributed by atoms with Gasteiger partial charge in [-0.15, -0.1) is 0 Å². The number of rotatable bonds is 2. The number of fused-ring (bicyclic) bond motifs is 1. The fourth-order valence-electron chi connectivity index (χ4n) is 4.30. The van der Waals surface area contributed by atoms with Crippen molar-refractivity contribution in [3.8, 4) is 0 Å². The fraction of sp³-hybridized carbons (Fsp3) is 0.588. The second kappa shape index (κ2) is 4.65. The lowest BCUT2D eigenvalue weighted by Crippen LogP contribution is -2.40. The number of nitrogens with zero attached hydrogens (tertiary/aromatic N) is 1. The van der Waals surface area contributed by atoms with Gasteiger partial charge in [0.05, 0.1) is 23.1 Å². The number of nitrogens with one attached hydrogen (secondary N) is 2. The van der Waals surface area contributed by atoms with Crippen molar-refractivity contribution in [1.29, 1.82) is 0 Å². The Morgan fingerprint density at radius 2 is 1.86 bits per heavy atom. The zero-order valence-corrected chi connectivity index (χ0v) is 13.5.